The molecule has 2 fully saturated rings. The van der Waals surface area contributed by atoms with E-state index in [9.17, 15) is 23.2 Å². The first kappa shape index (κ1) is 33.5. The summed E-state index contributed by atoms with van der Waals surface area (Å²) in [5.74, 6) is 0.477. The van der Waals surface area contributed by atoms with Gasteiger partial charge in [-0.25, -0.2) is 0 Å². The molecule has 1 amide bonds. The molecule has 2 aromatic carbocycles. The first-order valence-corrected chi connectivity index (χ1v) is 16.7. The number of nitrogens with zero attached hydrogens (tertiary/aromatic N) is 7. The molecule has 3 aromatic rings. The number of aromatic nitrogens is 2. The van der Waals surface area contributed by atoms with Crippen LogP contribution in [-0.2, 0) is 17.8 Å². The van der Waals surface area contributed by atoms with Gasteiger partial charge in [0.05, 0.1) is 30.8 Å². The van der Waals surface area contributed by atoms with Crippen LogP contribution >= 0.6 is 0 Å². The van der Waals surface area contributed by atoms with Gasteiger partial charge in [0, 0.05) is 55.4 Å². The van der Waals surface area contributed by atoms with E-state index in [-0.39, 0.29) is 43.6 Å². The number of alkyl halides is 3. The summed E-state index contributed by atoms with van der Waals surface area (Å²) in [4.78, 5) is 29.9. The number of nitriles is 1. The molecule has 3 heterocycles. The van der Waals surface area contributed by atoms with E-state index < -0.39 is 12.2 Å². The maximum absolute atomic E-state index is 13.7. The van der Waals surface area contributed by atoms with E-state index in [1.54, 1.807) is 4.90 Å². The van der Waals surface area contributed by atoms with Crippen LogP contribution in [0, 0.1) is 18.3 Å². The number of halogens is 3. The summed E-state index contributed by atoms with van der Waals surface area (Å²) in [6.07, 6.45) is 0.185. The van der Waals surface area contributed by atoms with Crippen LogP contribution in [0.4, 0.5) is 24.7 Å². The standard InChI is InChI=1S/C36H42F3N7O2/c1-4-32(47)46-19-18-44(22-28(46)14-16-40)34-29-15-17-43(31-13-6-10-26-9-5-8-24(2)33(26)31)23-30(29)41-35(42-34)48-21-20-45(27-11-7-12-27)25(3)36(37,38)39/h4-6,8-10,13,25,27-28H,1,7,11-12,14-15,17-23H2,2-3H3/t25-,28+/m1/s1. The molecule has 9 nitrogen and oxygen atoms in total. The third-order valence-electron chi connectivity index (χ3n) is 10.1. The zero-order valence-corrected chi connectivity index (χ0v) is 27.5. The van der Waals surface area contributed by atoms with Crippen molar-refractivity contribution in [1.82, 2.24) is 19.8 Å². The third-order valence-corrected chi connectivity index (χ3v) is 10.1. The van der Waals surface area contributed by atoms with Gasteiger partial charge in [0.1, 0.15) is 18.5 Å². The summed E-state index contributed by atoms with van der Waals surface area (Å²) in [7, 11) is 0. The number of ether oxygens (including phenoxy) is 1. The lowest BCUT2D eigenvalue weighted by Crippen LogP contribution is -2.55. The number of anilines is 2. The molecule has 1 aliphatic carbocycles. The fraction of sp³-hybridized carbons (Fsp3) is 0.500. The van der Waals surface area contributed by atoms with Gasteiger partial charge >= 0.3 is 12.2 Å². The Morgan fingerprint density at radius 3 is 2.62 bits per heavy atom. The lowest BCUT2D eigenvalue weighted by atomic mass is 9.90. The van der Waals surface area contributed by atoms with E-state index in [1.165, 1.54) is 28.8 Å². The predicted molar refractivity (Wildman–Crippen MR) is 179 cm³/mol. The van der Waals surface area contributed by atoms with Gasteiger partial charge in [-0.15, -0.1) is 0 Å². The highest BCUT2D eigenvalue weighted by molar-refractivity contribution is 5.97. The fourth-order valence-corrected chi connectivity index (χ4v) is 7.27. The second-order valence-electron chi connectivity index (χ2n) is 13.0. The van der Waals surface area contributed by atoms with Crippen molar-refractivity contribution in [2.45, 2.75) is 76.8 Å². The van der Waals surface area contributed by atoms with Crippen molar-refractivity contribution in [3.8, 4) is 12.1 Å². The van der Waals surface area contributed by atoms with Crippen LogP contribution in [-0.4, -0.2) is 89.3 Å². The smallest absolute Gasteiger partial charge is 0.403 e. The number of fused-ring (bicyclic) bond motifs is 2. The number of hydrogen-bond donors (Lipinski definition) is 0. The van der Waals surface area contributed by atoms with Gasteiger partial charge in [-0.05, 0) is 56.2 Å². The summed E-state index contributed by atoms with van der Waals surface area (Å²) in [5.41, 5.74) is 4.08. The SMILES string of the molecule is C=CC(=O)N1CCN(c2nc(OCCN(C3CCC3)[C@H](C)C(F)(F)F)nc3c2CCN(c2cccc4cccc(C)c24)C3)C[C@@H]1CC#N. The molecular formula is C36H42F3N7O2. The Balaban J connectivity index is 1.31. The van der Waals surface area contributed by atoms with Gasteiger partial charge in [-0.1, -0.05) is 43.3 Å². The molecule has 0 N–H and O–H groups in total. The minimum Gasteiger partial charge on any atom is -0.462 e. The van der Waals surface area contributed by atoms with Crippen molar-refractivity contribution >= 4 is 28.2 Å². The van der Waals surface area contributed by atoms with Crippen molar-refractivity contribution in [3.63, 3.8) is 0 Å². The summed E-state index contributed by atoms with van der Waals surface area (Å²) < 4.78 is 47.3. The van der Waals surface area contributed by atoms with Crippen molar-refractivity contribution in [3.05, 3.63) is 65.9 Å². The second kappa shape index (κ2) is 14.0. The van der Waals surface area contributed by atoms with Crippen molar-refractivity contribution in [2.75, 3.05) is 49.1 Å². The molecular weight excluding hydrogens is 619 g/mol. The minimum absolute atomic E-state index is 0.0139. The van der Waals surface area contributed by atoms with Gasteiger partial charge in [0.25, 0.3) is 0 Å². The molecule has 3 aliphatic rings. The molecule has 254 valence electrons. The minimum atomic E-state index is -4.33. The largest absolute Gasteiger partial charge is 0.462 e. The fourth-order valence-electron chi connectivity index (χ4n) is 7.27. The van der Waals surface area contributed by atoms with Crippen LogP contribution in [0.15, 0.2) is 49.1 Å². The van der Waals surface area contributed by atoms with Crippen molar-refractivity contribution < 1.29 is 22.7 Å². The summed E-state index contributed by atoms with van der Waals surface area (Å²) in [5, 5.41) is 11.9. The molecule has 6 rings (SSSR count). The topological polar surface area (TPSA) is 88.8 Å². The Bertz CT molecular complexity index is 1700. The van der Waals surface area contributed by atoms with Crippen LogP contribution in [0.3, 0.4) is 0 Å². The summed E-state index contributed by atoms with van der Waals surface area (Å²) in [6.45, 7) is 9.60. The summed E-state index contributed by atoms with van der Waals surface area (Å²) in [6, 6.07) is 12.9. The van der Waals surface area contributed by atoms with Crippen LogP contribution < -0.4 is 14.5 Å². The second-order valence-corrected chi connectivity index (χ2v) is 13.0. The molecule has 0 unspecified atom stereocenters. The number of aryl methyl sites for hydroxylation is 1. The quantitative estimate of drug-likeness (QED) is 0.252. The molecule has 1 saturated heterocycles. The first-order chi connectivity index (χ1) is 23.1. The van der Waals surface area contributed by atoms with E-state index in [2.05, 4.69) is 65.8 Å². The maximum atomic E-state index is 13.7. The number of amides is 1. The van der Waals surface area contributed by atoms with Gasteiger partial charge in [0.2, 0.25) is 5.91 Å². The lowest BCUT2D eigenvalue weighted by Gasteiger charge is -2.42. The van der Waals surface area contributed by atoms with Gasteiger partial charge in [0.15, 0.2) is 0 Å². The van der Waals surface area contributed by atoms with Crippen molar-refractivity contribution in [2.24, 2.45) is 0 Å². The monoisotopic (exact) mass is 661 g/mol. The normalized spacial score (nSPS) is 19.1. The van der Waals surface area contributed by atoms with E-state index in [4.69, 9.17) is 14.7 Å². The predicted octanol–water partition coefficient (Wildman–Crippen LogP) is 5.80. The average molecular weight is 662 g/mol. The van der Waals surface area contributed by atoms with E-state index in [0.717, 1.165) is 48.1 Å². The Morgan fingerprint density at radius 1 is 1.17 bits per heavy atom. The van der Waals surface area contributed by atoms with Crippen LogP contribution in [0.25, 0.3) is 10.8 Å². The highest BCUT2D eigenvalue weighted by Crippen LogP contribution is 2.36. The summed E-state index contributed by atoms with van der Waals surface area (Å²) >= 11 is 0. The number of hydrogen-bond acceptors (Lipinski definition) is 8. The highest BCUT2D eigenvalue weighted by atomic mass is 19.4. The number of carbonyl (C=O) groups excluding carboxylic acids is 1. The molecule has 0 radical (unpaired) electrons. The molecule has 12 heteroatoms. The number of benzene rings is 2. The van der Waals surface area contributed by atoms with Gasteiger partial charge < -0.3 is 19.4 Å². The Kier molecular flexibility index (Phi) is 9.78. The molecule has 2 atom stereocenters. The Hall–Kier alpha value is -4.37. The number of carbonyl (C=O) groups is 1. The number of piperazine rings is 1. The first-order valence-electron chi connectivity index (χ1n) is 16.7. The maximum Gasteiger partial charge on any atom is 0.403 e. The van der Waals surface area contributed by atoms with E-state index in [0.29, 0.717) is 38.4 Å². The Labute approximate surface area is 279 Å². The van der Waals surface area contributed by atoms with Crippen LogP contribution in [0.2, 0.25) is 0 Å². The Morgan fingerprint density at radius 2 is 1.94 bits per heavy atom. The molecule has 48 heavy (non-hydrogen) atoms. The van der Waals surface area contributed by atoms with Gasteiger partial charge in [-0.3, -0.25) is 9.69 Å². The molecule has 1 saturated carbocycles. The molecule has 0 spiro atoms. The zero-order chi connectivity index (χ0) is 34.0. The van der Waals surface area contributed by atoms with Crippen LogP contribution in [0.5, 0.6) is 6.01 Å². The zero-order valence-electron chi connectivity index (χ0n) is 27.5. The lowest BCUT2D eigenvalue weighted by molar-refractivity contribution is -0.189. The number of rotatable bonds is 10. The van der Waals surface area contributed by atoms with Crippen molar-refractivity contribution in [1.29, 1.82) is 5.26 Å². The van der Waals surface area contributed by atoms with E-state index >= 15 is 0 Å². The van der Waals surface area contributed by atoms with E-state index in [1.807, 2.05) is 0 Å². The highest BCUT2D eigenvalue weighted by Gasteiger charge is 2.43. The molecule has 0 bridgehead atoms. The van der Waals surface area contributed by atoms with Crippen LogP contribution in [0.1, 0.15) is 49.4 Å². The van der Waals surface area contributed by atoms with Gasteiger partial charge in [-0.2, -0.15) is 28.4 Å². The third kappa shape index (κ3) is 6.79. The average Bonchev–Trinajstić information content (AvgIpc) is 3.05. The molecule has 1 aromatic heterocycles. The molecule has 2 aliphatic heterocycles.